The summed E-state index contributed by atoms with van der Waals surface area (Å²) in [7, 11) is -0.474. The first-order valence-corrected chi connectivity index (χ1v) is 10.2. The number of amides is 2. The van der Waals surface area contributed by atoms with Gasteiger partial charge in [-0.25, -0.2) is 12.8 Å². The van der Waals surface area contributed by atoms with Gasteiger partial charge in [0.25, 0.3) is 5.91 Å². The summed E-state index contributed by atoms with van der Waals surface area (Å²) in [6.45, 7) is -0.721. The number of nitrogens with zero attached hydrogens (tertiary/aromatic N) is 2. The molecule has 2 aromatic rings. The third-order valence-corrected chi connectivity index (χ3v) is 5.11. The van der Waals surface area contributed by atoms with Gasteiger partial charge in [0.2, 0.25) is 15.9 Å². The van der Waals surface area contributed by atoms with Crippen LogP contribution in [0.3, 0.4) is 0 Å². The summed E-state index contributed by atoms with van der Waals surface area (Å²) < 4.78 is 38.7. The molecule has 9 heteroatoms. The molecule has 0 spiro atoms. The largest absolute Gasteiger partial charge is 0.345 e. The van der Waals surface area contributed by atoms with Crippen molar-refractivity contribution in [2.75, 3.05) is 32.2 Å². The predicted octanol–water partition coefficient (Wildman–Crippen LogP) is 1.93. The van der Waals surface area contributed by atoms with Crippen molar-refractivity contribution in [2.45, 2.75) is 6.54 Å². The second-order valence-corrected chi connectivity index (χ2v) is 8.43. The molecule has 0 saturated carbocycles. The first-order valence-electron chi connectivity index (χ1n) is 8.38. The van der Waals surface area contributed by atoms with E-state index >= 15 is 0 Å². The van der Waals surface area contributed by atoms with Crippen molar-refractivity contribution >= 4 is 27.5 Å². The van der Waals surface area contributed by atoms with E-state index in [1.807, 2.05) is 0 Å². The molecule has 7 nitrogen and oxygen atoms in total. The Bertz CT molecular complexity index is 959. The van der Waals surface area contributed by atoms with Crippen molar-refractivity contribution in [2.24, 2.45) is 0 Å². The van der Waals surface area contributed by atoms with Gasteiger partial charge in [0.1, 0.15) is 5.82 Å². The molecule has 0 aliphatic heterocycles. The minimum atomic E-state index is -3.74. The van der Waals surface area contributed by atoms with Gasteiger partial charge in [-0.15, -0.1) is 0 Å². The molecule has 0 aliphatic rings. The number of rotatable bonds is 7. The molecular weight excluding hydrogens is 385 g/mol. The van der Waals surface area contributed by atoms with E-state index in [4.69, 9.17) is 0 Å². The lowest BCUT2D eigenvalue weighted by molar-refractivity contribution is -0.116. The van der Waals surface area contributed by atoms with Crippen LogP contribution in [-0.4, -0.2) is 56.3 Å². The molecule has 0 fully saturated rings. The highest BCUT2D eigenvalue weighted by atomic mass is 32.2. The van der Waals surface area contributed by atoms with Gasteiger partial charge in [-0.3, -0.25) is 9.59 Å². The molecule has 0 aliphatic carbocycles. The smallest absolute Gasteiger partial charge is 0.253 e. The maximum Gasteiger partial charge on any atom is 0.253 e. The summed E-state index contributed by atoms with van der Waals surface area (Å²) in [5, 5.41) is 2.58. The first-order chi connectivity index (χ1) is 13.1. The normalized spacial score (nSPS) is 11.3. The number of hydrogen-bond acceptors (Lipinski definition) is 4. The summed E-state index contributed by atoms with van der Waals surface area (Å²) in [6.07, 6.45) is 0.961. The minimum absolute atomic E-state index is 0.173. The van der Waals surface area contributed by atoms with E-state index in [0.29, 0.717) is 11.3 Å². The summed E-state index contributed by atoms with van der Waals surface area (Å²) in [6, 6.07) is 12.0. The summed E-state index contributed by atoms with van der Waals surface area (Å²) in [5.74, 6) is -1.29. The third kappa shape index (κ3) is 5.86. The predicted molar refractivity (Wildman–Crippen MR) is 105 cm³/mol. The molecule has 2 amide bonds. The number of nitrogens with one attached hydrogen (secondary N) is 1. The summed E-state index contributed by atoms with van der Waals surface area (Å²) in [5.41, 5.74) is 1.05. The average molecular weight is 407 g/mol. The second kappa shape index (κ2) is 8.94. The molecule has 2 rings (SSSR count). The molecule has 0 unspecified atom stereocenters. The zero-order valence-corrected chi connectivity index (χ0v) is 16.7. The Hall–Kier alpha value is -2.78. The highest BCUT2D eigenvalue weighted by Crippen LogP contribution is 2.14. The Kier molecular flexibility index (Phi) is 6.87. The van der Waals surface area contributed by atoms with E-state index in [1.54, 1.807) is 44.4 Å². The Morgan fingerprint density at radius 3 is 2.18 bits per heavy atom. The number of carbonyl (C=O) groups is 2. The number of benzene rings is 2. The van der Waals surface area contributed by atoms with Crippen LogP contribution in [0.1, 0.15) is 15.9 Å². The summed E-state index contributed by atoms with van der Waals surface area (Å²) in [4.78, 5) is 25.6. The van der Waals surface area contributed by atoms with Crippen LogP contribution in [0, 0.1) is 5.82 Å². The fourth-order valence-electron chi connectivity index (χ4n) is 2.42. The van der Waals surface area contributed by atoms with Crippen LogP contribution in [0.25, 0.3) is 0 Å². The number of halogens is 1. The van der Waals surface area contributed by atoms with E-state index in [2.05, 4.69) is 5.32 Å². The van der Waals surface area contributed by atoms with Crippen LogP contribution in [0.2, 0.25) is 0 Å². The number of anilines is 1. The van der Waals surface area contributed by atoms with Crippen LogP contribution < -0.4 is 5.32 Å². The number of carbonyl (C=O) groups excluding carboxylic acids is 2. The van der Waals surface area contributed by atoms with Crippen LogP contribution in [0.5, 0.6) is 0 Å². The van der Waals surface area contributed by atoms with E-state index < -0.39 is 28.3 Å². The molecule has 0 aromatic heterocycles. The Labute approximate surface area is 163 Å². The van der Waals surface area contributed by atoms with Gasteiger partial charge in [0.05, 0.1) is 12.8 Å². The summed E-state index contributed by atoms with van der Waals surface area (Å²) >= 11 is 0. The van der Waals surface area contributed by atoms with Crippen LogP contribution in [-0.2, 0) is 21.4 Å². The molecule has 150 valence electrons. The Morgan fingerprint density at radius 1 is 1.04 bits per heavy atom. The molecule has 28 heavy (non-hydrogen) atoms. The Morgan fingerprint density at radius 2 is 1.64 bits per heavy atom. The fraction of sp³-hybridized carbons (Fsp3) is 0.263. The molecule has 0 radical (unpaired) electrons. The minimum Gasteiger partial charge on any atom is -0.345 e. The van der Waals surface area contributed by atoms with E-state index in [0.717, 1.165) is 10.6 Å². The van der Waals surface area contributed by atoms with Crippen LogP contribution in [0.4, 0.5) is 10.1 Å². The number of sulfonamides is 1. The quantitative estimate of drug-likeness (QED) is 0.760. The van der Waals surface area contributed by atoms with Gasteiger partial charge < -0.3 is 10.2 Å². The first kappa shape index (κ1) is 21.5. The average Bonchev–Trinajstić information content (AvgIpc) is 2.62. The second-order valence-electron chi connectivity index (χ2n) is 6.45. The molecule has 0 saturated heterocycles. The van der Waals surface area contributed by atoms with Crippen molar-refractivity contribution in [3.8, 4) is 0 Å². The van der Waals surface area contributed by atoms with Crippen LogP contribution in [0.15, 0.2) is 48.5 Å². The highest BCUT2D eigenvalue weighted by Gasteiger charge is 2.22. The zero-order chi connectivity index (χ0) is 20.9. The maximum absolute atomic E-state index is 13.8. The van der Waals surface area contributed by atoms with Gasteiger partial charge in [0.15, 0.2) is 0 Å². The molecule has 0 bridgehead atoms. The SMILES string of the molecule is CN(C)C(=O)c1ccc(NC(=O)CN(Cc2ccccc2F)S(C)(=O)=O)cc1. The van der Waals surface area contributed by atoms with Crippen molar-refractivity contribution in [3.63, 3.8) is 0 Å². The molecule has 2 aromatic carbocycles. The standard InChI is InChI=1S/C19H22FN3O4S/c1-22(2)19(25)14-8-10-16(11-9-14)21-18(24)13-23(28(3,26)27)12-15-6-4-5-7-17(15)20/h4-11H,12-13H2,1-3H3,(H,21,24). The van der Waals surface area contributed by atoms with E-state index in [-0.39, 0.29) is 18.0 Å². The van der Waals surface area contributed by atoms with Crippen molar-refractivity contribution in [1.29, 1.82) is 0 Å². The monoisotopic (exact) mass is 407 g/mol. The van der Waals surface area contributed by atoms with Crippen molar-refractivity contribution in [3.05, 3.63) is 65.5 Å². The van der Waals surface area contributed by atoms with E-state index in [1.165, 1.54) is 23.1 Å². The van der Waals surface area contributed by atoms with Crippen LogP contribution >= 0.6 is 0 Å². The Balaban J connectivity index is 2.08. The van der Waals surface area contributed by atoms with Crippen molar-refractivity contribution < 1.29 is 22.4 Å². The van der Waals surface area contributed by atoms with Gasteiger partial charge >= 0.3 is 0 Å². The maximum atomic E-state index is 13.8. The lowest BCUT2D eigenvalue weighted by Gasteiger charge is -2.20. The molecule has 1 N–H and O–H groups in total. The topological polar surface area (TPSA) is 86.8 Å². The van der Waals surface area contributed by atoms with Gasteiger partial charge in [-0.2, -0.15) is 4.31 Å². The third-order valence-electron chi connectivity index (χ3n) is 3.92. The highest BCUT2D eigenvalue weighted by molar-refractivity contribution is 7.88. The molecule has 0 atom stereocenters. The van der Waals surface area contributed by atoms with E-state index in [9.17, 15) is 22.4 Å². The molecular formula is C19H22FN3O4S. The van der Waals surface area contributed by atoms with Gasteiger partial charge in [0, 0.05) is 37.5 Å². The zero-order valence-electron chi connectivity index (χ0n) is 15.8. The lowest BCUT2D eigenvalue weighted by atomic mass is 10.2. The van der Waals surface area contributed by atoms with Gasteiger partial charge in [-0.05, 0) is 30.3 Å². The molecule has 0 heterocycles. The van der Waals surface area contributed by atoms with Crippen molar-refractivity contribution in [1.82, 2.24) is 9.21 Å². The fourth-order valence-corrected chi connectivity index (χ4v) is 3.15. The number of hydrogen-bond donors (Lipinski definition) is 1. The van der Waals surface area contributed by atoms with Gasteiger partial charge in [-0.1, -0.05) is 18.2 Å². The lowest BCUT2D eigenvalue weighted by Crippen LogP contribution is -2.37.